The molecule has 0 spiro atoms. The number of hydrogen-bond acceptors (Lipinski definition) is 4. The lowest BCUT2D eigenvalue weighted by atomic mass is 10.0. The number of benzene rings is 1. The van der Waals surface area contributed by atoms with Crippen LogP contribution in [0.25, 0.3) is 0 Å². The van der Waals surface area contributed by atoms with Crippen molar-refractivity contribution in [2.45, 2.75) is 12.8 Å². The van der Waals surface area contributed by atoms with Gasteiger partial charge in [0.25, 0.3) is 0 Å². The summed E-state index contributed by atoms with van der Waals surface area (Å²) in [4.78, 5) is 7.64. The third-order valence-electron chi connectivity index (χ3n) is 2.74. The molecule has 106 valence electrons. The Morgan fingerprint density at radius 1 is 1.20 bits per heavy atom. The first-order chi connectivity index (χ1) is 9.48. The standard InChI is InChI=1S/C13H14ClN3O2S/c1-10(11-5-3-2-4-6-11)9-20(18,19)17-13-12(14)15-7-8-16-13/h2-8,10H,9H2,1H3,(H,16,17). The number of halogens is 1. The summed E-state index contributed by atoms with van der Waals surface area (Å²) in [7, 11) is -3.54. The summed E-state index contributed by atoms with van der Waals surface area (Å²) in [6, 6.07) is 9.45. The molecule has 0 amide bonds. The highest BCUT2D eigenvalue weighted by Gasteiger charge is 2.18. The number of sulfonamides is 1. The van der Waals surface area contributed by atoms with Crippen molar-refractivity contribution in [1.82, 2.24) is 9.97 Å². The van der Waals surface area contributed by atoms with Crippen molar-refractivity contribution in [3.8, 4) is 0 Å². The van der Waals surface area contributed by atoms with Crippen LogP contribution >= 0.6 is 11.6 Å². The van der Waals surface area contributed by atoms with Gasteiger partial charge in [-0.3, -0.25) is 4.72 Å². The van der Waals surface area contributed by atoms with E-state index in [2.05, 4.69) is 14.7 Å². The molecular formula is C13H14ClN3O2S. The average molecular weight is 312 g/mol. The lowest BCUT2D eigenvalue weighted by molar-refractivity contribution is 0.595. The maximum absolute atomic E-state index is 12.1. The number of nitrogens with one attached hydrogen (secondary N) is 1. The van der Waals surface area contributed by atoms with E-state index >= 15 is 0 Å². The zero-order valence-corrected chi connectivity index (χ0v) is 12.4. The van der Waals surface area contributed by atoms with E-state index in [0.717, 1.165) is 5.56 Å². The van der Waals surface area contributed by atoms with Gasteiger partial charge in [0.2, 0.25) is 10.0 Å². The Kier molecular flexibility index (Phi) is 4.57. The topological polar surface area (TPSA) is 72.0 Å². The van der Waals surface area contributed by atoms with Gasteiger partial charge >= 0.3 is 0 Å². The molecule has 1 atom stereocenters. The molecule has 0 aliphatic rings. The predicted molar refractivity (Wildman–Crippen MR) is 79.3 cm³/mol. The minimum absolute atomic E-state index is 0.0310. The highest BCUT2D eigenvalue weighted by molar-refractivity contribution is 7.92. The first-order valence-electron chi connectivity index (χ1n) is 6.00. The summed E-state index contributed by atoms with van der Waals surface area (Å²) in [6.07, 6.45) is 2.77. The van der Waals surface area contributed by atoms with Gasteiger partial charge in [-0.1, -0.05) is 48.9 Å². The van der Waals surface area contributed by atoms with Crippen molar-refractivity contribution in [2.75, 3.05) is 10.5 Å². The molecule has 1 heterocycles. The average Bonchev–Trinajstić information content (AvgIpc) is 2.41. The van der Waals surface area contributed by atoms with E-state index < -0.39 is 10.0 Å². The minimum atomic E-state index is -3.54. The fraction of sp³-hybridized carbons (Fsp3) is 0.231. The molecule has 2 rings (SSSR count). The van der Waals surface area contributed by atoms with E-state index in [0.29, 0.717) is 0 Å². The van der Waals surface area contributed by atoms with Gasteiger partial charge in [0.15, 0.2) is 11.0 Å². The lowest BCUT2D eigenvalue weighted by Crippen LogP contribution is -2.21. The molecule has 1 aromatic carbocycles. The Morgan fingerprint density at radius 2 is 1.85 bits per heavy atom. The number of hydrogen-bond donors (Lipinski definition) is 1. The van der Waals surface area contributed by atoms with Gasteiger partial charge < -0.3 is 0 Å². The molecule has 5 nitrogen and oxygen atoms in total. The van der Waals surface area contributed by atoms with E-state index in [4.69, 9.17) is 11.6 Å². The molecule has 0 aliphatic carbocycles. The highest BCUT2D eigenvalue weighted by atomic mass is 35.5. The molecule has 0 fully saturated rings. The third kappa shape index (κ3) is 3.91. The van der Waals surface area contributed by atoms with E-state index in [1.165, 1.54) is 12.4 Å². The minimum Gasteiger partial charge on any atom is -0.265 e. The summed E-state index contributed by atoms with van der Waals surface area (Å²) >= 11 is 5.78. The number of rotatable bonds is 5. The Balaban J connectivity index is 2.10. The van der Waals surface area contributed by atoms with E-state index in [9.17, 15) is 8.42 Å². The smallest absolute Gasteiger partial charge is 0.234 e. The molecule has 1 aromatic heterocycles. The summed E-state index contributed by atoms with van der Waals surface area (Å²) in [6.45, 7) is 1.85. The second kappa shape index (κ2) is 6.19. The first kappa shape index (κ1) is 14.7. The molecule has 0 aliphatic heterocycles. The van der Waals surface area contributed by atoms with Gasteiger partial charge in [-0.25, -0.2) is 18.4 Å². The van der Waals surface area contributed by atoms with Crippen LogP contribution in [0.1, 0.15) is 18.4 Å². The van der Waals surface area contributed by atoms with Gasteiger partial charge in [-0.2, -0.15) is 0 Å². The van der Waals surface area contributed by atoms with Crippen molar-refractivity contribution in [3.63, 3.8) is 0 Å². The lowest BCUT2D eigenvalue weighted by Gasteiger charge is -2.13. The highest BCUT2D eigenvalue weighted by Crippen LogP contribution is 2.20. The molecule has 7 heteroatoms. The summed E-state index contributed by atoms with van der Waals surface area (Å²) in [5, 5.41) is 0.0310. The number of anilines is 1. The Labute approximate surface area is 123 Å². The van der Waals surface area contributed by atoms with Gasteiger partial charge in [0, 0.05) is 12.4 Å². The molecule has 1 N–H and O–H groups in total. The summed E-state index contributed by atoms with van der Waals surface area (Å²) < 4.78 is 26.6. The van der Waals surface area contributed by atoms with Crippen molar-refractivity contribution < 1.29 is 8.42 Å². The van der Waals surface area contributed by atoms with Crippen molar-refractivity contribution in [1.29, 1.82) is 0 Å². The first-order valence-corrected chi connectivity index (χ1v) is 8.03. The maximum atomic E-state index is 12.1. The SMILES string of the molecule is CC(CS(=O)(=O)Nc1nccnc1Cl)c1ccccc1. The van der Waals surface area contributed by atoms with Crippen molar-refractivity contribution in [3.05, 3.63) is 53.4 Å². The molecule has 20 heavy (non-hydrogen) atoms. The molecule has 0 bridgehead atoms. The normalized spacial score (nSPS) is 12.9. The van der Waals surface area contributed by atoms with Crippen LogP contribution in [0.15, 0.2) is 42.7 Å². The Bertz CT molecular complexity index is 677. The monoisotopic (exact) mass is 311 g/mol. The van der Waals surface area contributed by atoms with E-state index in [1.54, 1.807) is 0 Å². The largest absolute Gasteiger partial charge is 0.265 e. The molecule has 0 radical (unpaired) electrons. The fourth-order valence-electron chi connectivity index (χ4n) is 1.79. The molecule has 0 saturated carbocycles. The van der Waals surface area contributed by atoms with Crippen LogP contribution in [0.3, 0.4) is 0 Å². The molecular weight excluding hydrogens is 298 g/mol. The number of nitrogens with zero attached hydrogens (tertiary/aromatic N) is 2. The maximum Gasteiger partial charge on any atom is 0.234 e. The Hall–Kier alpha value is -1.66. The van der Waals surface area contributed by atoms with Crippen LogP contribution in [0.2, 0.25) is 5.15 Å². The summed E-state index contributed by atoms with van der Waals surface area (Å²) in [5.41, 5.74) is 0.961. The second-order valence-corrected chi connectivity index (χ2v) is 6.52. The van der Waals surface area contributed by atoms with Crippen LogP contribution < -0.4 is 4.72 Å². The van der Waals surface area contributed by atoms with Crippen LogP contribution in [0.5, 0.6) is 0 Å². The number of aromatic nitrogens is 2. The third-order valence-corrected chi connectivity index (χ3v) is 4.46. The van der Waals surface area contributed by atoms with Crippen molar-refractivity contribution in [2.24, 2.45) is 0 Å². The van der Waals surface area contributed by atoms with E-state index in [-0.39, 0.29) is 22.6 Å². The zero-order chi connectivity index (χ0) is 14.6. The molecule has 0 saturated heterocycles. The van der Waals surface area contributed by atoms with Crippen LogP contribution in [0.4, 0.5) is 5.82 Å². The molecule has 2 aromatic rings. The van der Waals surface area contributed by atoms with Crippen LogP contribution in [-0.4, -0.2) is 24.1 Å². The zero-order valence-electron chi connectivity index (χ0n) is 10.8. The van der Waals surface area contributed by atoms with Gasteiger partial charge in [0.1, 0.15) is 0 Å². The second-order valence-electron chi connectivity index (χ2n) is 4.39. The Morgan fingerprint density at radius 3 is 2.50 bits per heavy atom. The van der Waals surface area contributed by atoms with Gasteiger partial charge in [0.05, 0.1) is 5.75 Å². The summed E-state index contributed by atoms with van der Waals surface area (Å²) in [5.74, 6) is -0.136. The van der Waals surface area contributed by atoms with Crippen molar-refractivity contribution >= 4 is 27.4 Å². The quantitative estimate of drug-likeness (QED) is 0.921. The van der Waals surface area contributed by atoms with Gasteiger partial charge in [-0.15, -0.1) is 0 Å². The van der Waals surface area contributed by atoms with Gasteiger partial charge in [-0.05, 0) is 11.5 Å². The van der Waals surface area contributed by atoms with Crippen LogP contribution in [-0.2, 0) is 10.0 Å². The predicted octanol–water partition coefficient (Wildman–Crippen LogP) is 2.68. The molecule has 1 unspecified atom stereocenters. The van der Waals surface area contributed by atoms with Crippen LogP contribution in [0, 0.1) is 0 Å². The fourth-order valence-corrected chi connectivity index (χ4v) is 3.37. The van der Waals surface area contributed by atoms with E-state index in [1.807, 2.05) is 37.3 Å².